The number of hydrogen-bond acceptors (Lipinski definition) is 9. The highest BCUT2D eigenvalue weighted by atomic mass is 35.5. The number of halogens is 1. The molecule has 0 bridgehead atoms. The summed E-state index contributed by atoms with van der Waals surface area (Å²) in [6, 6.07) is 13.1. The van der Waals surface area contributed by atoms with Gasteiger partial charge in [0, 0.05) is 47.7 Å². The molecule has 0 saturated heterocycles. The summed E-state index contributed by atoms with van der Waals surface area (Å²) >= 11 is 5.61. The molecular formula is C26H23ClN8O2. The number of aromatic amines is 1. The number of H-pyrrole nitrogens is 1. The predicted molar refractivity (Wildman–Crippen MR) is 144 cm³/mol. The van der Waals surface area contributed by atoms with E-state index in [2.05, 4.69) is 52.8 Å². The van der Waals surface area contributed by atoms with Crippen molar-refractivity contribution in [1.29, 1.82) is 0 Å². The fourth-order valence-electron chi connectivity index (χ4n) is 3.62. The molecule has 10 nitrogen and oxygen atoms in total. The second-order valence-electron chi connectivity index (χ2n) is 7.80. The zero-order chi connectivity index (χ0) is 25.5. The lowest BCUT2D eigenvalue weighted by Gasteiger charge is -2.11. The van der Waals surface area contributed by atoms with Crippen molar-refractivity contribution in [3.8, 4) is 17.7 Å². The molecule has 0 unspecified atom stereocenters. The highest BCUT2D eigenvalue weighted by Crippen LogP contribution is 2.27. The van der Waals surface area contributed by atoms with Crippen molar-refractivity contribution in [3.05, 3.63) is 66.0 Å². The summed E-state index contributed by atoms with van der Waals surface area (Å²) < 4.78 is 11.0. The third-order valence-corrected chi connectivity index (χ3v) is 5.50. The Kier molecular flexibility index (Phi) is 7.55. The van der Waals surface area contributed by atoms with Gasteiger partial charge in [-0.05, 0) is 30.3 Å². The maximum atomic E-state index is 5.66. The normalized spacial score (nSPS) is 10.8. The van der Waals surface area contributed by atoms with Crippen LogP contribution in [0.15, 0.2) is 54.9 Å². The number of anilines is 3. The zero-order valence-corrected chi connectivity index (χ0v) is 20.7. The standard InChI is InChI=1S/C26H23ClN8O2/c1-28-26-20-16-29-24(31-23-3-2-4-25(32-23)37-12-11-36-10-9-27)14-19(20)18(15-30-26)7-5-17-6-8-21-22(13-17)34-35-33-21/h2-4,6,8,13-16H,9-12H2,1H3,(H,28,30)(H,29,31,32)(H,33,34,35). The van der Waals surface area contributed by atoms with E-state index in [0.29, 0.717) is 49.0 Å². The molecule has 5 aromatic rings. The number of pyridine rings is 3. The molecule has 0 radical (unpaired) electrons. The number of aromatic nitrogens is 6. The lowest BCUT2D eigenvalue weighted by molar-refractivity contribution is 0.110. The Morgan fingerprint density at radius 2 is 1.84 bits per heavy atom. The fourth-order valence-corrected chi connectivity index (χ4v) is 3.73. The first-order valence-electron chi connectivity index (χ1n) is 11.5. The number of fused-ring (bicyclic) bond motifs is 2. The van der Waals surface area contributed by atoms with Crippen LogP contribution in [0, 0.1) is 11.8 Å². The van der Waals surface area contributed by atoms with Crippen molar-refractivity contribution in [2.45, 2.75) is 0 Å². The molecule has 186 valence electrons. The van der Waals surface area contributed by atoms with Crippen LogP contribution in [0.2, 0.25) is 0 Å². The molecule has 0 saturated carbocycles. The first kappa shape index (κ1) is 24.2. The minimum atomic E-state index is 0.382. The molecule has 0 fully saturated rings. The van der Waals surface area contributed by atoms with E-state index in [-0.39, 0.29) is 0 Å². The number of nitrogens with one attached hydrogen (secondary N) is 3. The van der Waals surface area contributed by atoms with Gasteiger partial charge in [-0.15, -0.1) is 11.6 Å². The van der Waals surface area contributed by atoms with Crippen molar-refractivity contribution in [3.63, 3.8) is 0 Å². The molecule has 37 heavy (non-hydrogen) atoms. The zero-order valence-electron chi connectivity index (χ0n) is 20.0. The first-order valence-corrected chi connectivity index (χ1v) is 12.1. The molecule has 0 amide bonds. The van der Waals surface area contributed by atoms with Gasteiger partial charge in [-0.1, -0.05) is 17.9 Å². The van der Waals surface area contributed by atoms with E-state index >= 15 is 0 Å². The minimum Gasteiger partial charge on any atom is -0.475 e. The van der Waals surface area contributed by atoms with Gasteiger partial charge in [0.1, 0.15) is 35.1 Å². The van der Waals surface area contributed by atoms with Gasteiger partial charge in [0.25, 0.3) is 0 Å². The fraction of sp³-hybridized carbons (Fsp3) is 0.192. The summed E-state index contributed by atoms with van der Waals surface area (Å²) in [7, 11) is 1.82. The van der Waals surface area contributed by atoms with E-state index in [1.165, 1.54) is 0 Å². The molecule has 11 heteroatoms. The van der Waals surface area contributed by atoms with Crippen LogP contribution in [0.5, 0.6) is 5.88 Å². The Labute approximate surface area is 217 Å². The number of rotatable bonds is 9. The van der Waals surface area contributed by atoms with Crippen molar-refractivity contribution in [1.82, 2.24) is 30.4 Å². The molecular weight excluding hydrogens is 492 g/mol. The van der Waals surface area contributed by atoms with E-state index < -0.39 is 0 Å². The average molecular weight is 515 g/mol. The summed E-state index contributed by atoms with van der Waals surface area (Å²) in [5.74, 6) is 9.31. The van der Waals surface area contributed by atoms with Gasteiger partial charge in [0.2, 0.25) is 5.88 Å². The maximum Gasteiger partial charge on any atom is 0.215 e. The van der Waals surface area contributed by atoms with Crippen molar-refractivity contribution in [2.75, 3.05) is 43.4 Å². The average Bonchev–Trinajstić information content (AvgIpc) is 3.40. The van der Waals surface area contributed by atoms with E-state index in [1.807, 2.05) is 43.4 Å². The Hall–Kier alpha value is -4.46. The maximum absolute atomic E-state index is 5.66. The molecule has 1 aromatic carbocycles. The summed E-state index contributed by atoms with van der Waals surface area (Å²) in [6.45, 7) is 1.31. The summed E-state index contributed by atoms with van der Waals surface area (Å²) in [4.78, 5) is 13.6. The van der Waals surface area contributed by atoms with Crippen molar-refractivity contribution in [2.24, 2.45) is 0 Å². The molecule has 0 atom stereocenters. The van der Waals surface area contributed by atoms with Gasteiger partial charge in [-0.3, -0.25) is 0 Å². The smallest absolute Gasteiger partial charge is 0.215 e. The van der Waals surface area contributed by atoms with E-state index in [4.69, 9.17) is 21.1 Å². The molecule has 0 spiro atoms. The van der Waals surface area contributed by atoms with Crippen LogP contribution in [0.3, 0.4) is 0 Å². The Morgan fingerprint density at radius 1 is 0.919 bits per heavy atom. The molecule has 3 N–H and O–H groups in total. The number of benzene rings is 1. The second kappa shape index (κ2) is 11.5. The van der Waals surface area contributed by atoms with E-state index in [9.17, 15) is 0 Å². The Balaban J connectivity index is 1.40. The molecule has 5 rings (SSSR count). The monoisotopic (exact) mass is 514 g/mol. The second-order valence-corrected chi connectivity index (χ2v) is 8.18. The first-order chi connectivity index (χ1) is 18.2. The third-order valence-electron chi connectivity index (χ3n) is 5.35. The van der Waals surface area contributed by atoms with Gasteiger partial charge in [-0.2, -0.15) is 20.4 Å². The summed E-state index contributed by atoms with van der Waals surface area (Å²) in [5, 5.41) is 18.9. The van der Waals surface area contributed by atoms with Crippen molar-refractivity contribution < 1.29 is 9.47 Å². The number of ether oxygens (including phenoxy) is 2. The van der Waals surface area contributed by atoms with Crippen LogP contribution in [0.1, 0.15) is 11.1 Å². The minimum absolute atomic E-state index is 0.382. The van der Waals surface area contributed by atoms with Gasteiger partial charge >= 0.3 is 0 Å². The Bertz CT molecular complexity index is 1590. The SMILES string of the molecule is CNc1ncc(C#Cc2ccc3n[nH]nc3c2)c2cc(Nc3cccc(OCCOCCCl)n3)ncc12. The molecule has 4 aromatic heterocycles. The summed E-state index contributed by atoms with van der Waals surface area (Å²) in [5.41, 5.74) is 3.15. The van der Waals surface area contributed by atoms with Gasteiger partial charge < -0.3 is 20.1 Å². The summed E-state index contributed by atoms with van der Waals surface area (Å²) in [6.07, 6.45) is 3.51. The quantitative estimate of drug-likeness (QED) is 0.151. The van der Waals surface area contributed by atoms with Gasteiger partial charge in [-0.25, -0.2) is 9.97 Å². The van der Waals surface area contributed by atoms with Crippen LogP contribution in [-0.2, 0) is 4.74 Å². The highest BCUT2D eigenvalue weighted by molar-refractivity contribution is 6.17. The highest BCUT2D eigenvalue weighted by Gasteiger charge is 2.09. The van der Waals surface area contributed by atoms with Crippen LogP contribution in [0.25, 0.3) is 21.8 Å². The number of hydrogen-bond donors (Lipinski definition) is 3. The lowest BCUT2D eigenvalue weighted by atomic mass is 10.1. The molecule has 0 aliphatic heterocycles. The number of nitrogens with zero attached hydrogens (tertiary/aromatic N) is 5. The molecule has 4 heterocycles. The van der Waals surface area contributed by atoms with E-state index in [0.717, 1.165) is 32.9 Å². The van der Waals surface area contributed by atoms with Crippen LogP contribution >= 0.6 is 11.6 Å². The molecule has 0 aliphatic carbocycles. The lowest BCUT2D eigenvalue weighted by Crippen LogP contribution is -2.09. The predicted octanol–water partition coefficient (Wildman–Crippen LogP) is 4.12. The largest absolute Gasteiger partial charge is 0.475 e. The van der Waals surface area contributed by atoms with E-state index in [1.54, 1.807) is 18.5 Å². The number of alkyl halides is 1. The molecule has 0 aliphatic rings. The van der Waals surface area contributed by atoms with Crippen LogP contribution < -0.4 is 15.4 Å². The van der Waals surface area contributed by atoms with Gasteiger partial charge in [0.15, 0.2) is 0 Å². The third kappa shape index (κ3) is 5.86. The topological polar surface area (TPSA) is 123 Å². The van der Waals surface area contributed by atoms with Crippen molar-refractivity contribution >= 4 is 50.9 Å². The van der Waals surface area contributed by atoms with Crippen LogP contribution in [0.4, 0.5) is 17.5 Å². The Morgan fingerprint density at radius 3 is 2.73 bits per heavy atom. The van der Waals surface area contributed by atoms with Gasteiger partial charge in [0.05, 0.1) is 18.8 Å². The van der Waals surface area contributed by atoms with Crippen LogP contribution in [-0.4, -0.2) is 63.1 Å².